The Kier molecular flexibility index (Phi) is 4.90. The van der Waals surface area contributed by atoms with Gasteiger partial charge in [0.25, 0.3) is 0 Å². The number of piperazine rings is 1. The van der Waals surface area contributed by atoms with Gasteiger partial charge in [0, 0.05) is 50.9 Å². The van der Waals surface area contributed by atoms with Gasteiger partial charge in [-0.05, 0) is 34.6 Å². The van der Waals surface area contributed by atoms with E-state index in [1.54, 1.807) is 6.20 Å². The van der Waals surface area contributed by atoms with Crippen LogP contribution in [-0.2, 0) is 9.59 Å². The molecule has 0 unspecified atom stereocenters. The highest BCUT2D eigenvalue weighted by molar-refractivity contribution is 5.89. The number of aryl methyl sites for hydroxylation is 2. The third kappa shape index (κ3) is 3.66. The van der Waals surface area contributed by atoms with Crippen LogP contribution in [0.1, 0.15) is 38.6 Å². The number of hydrogen-bond acceptors (Lipinski definition) is 5. The van der Waals surface area contributed by atoms with Crippen LogP contribution in [0.2, 0.25) is 0 Å². The summed E-state index contributed by atoms with van der Waals surface area (Å²) < 4.78 is 0. The molecule has 2 saturated heterocycles. The predicted molar refractivity (Wildman–Crippen MR) is 99.9 cm³/mol. The normalized spacial score (nSPS) is 21.5. The lowest BCUT2D eigenvalue weighted by Crippen LogP contribution is -2.51. The molecule has 142 valence electrons. The molecule has 1 atom stereocenters. The van der Waals surface area contributed by atoms with E-state index in [1.807, 2.05) is 44.4 Å². The summed E-state index contributed by atoms with van der Waals surface area (Å²) in [5.74, 6) is 0.887. The van der Waals surface area contributed by atoms with Crippen LogP contribution in [-0.4, -0.2) is 69.8 Å². The third-order valence-electron chi connectivity index (χ3n) is 5.23. The van der Waals surface area contributed by atoms with Crippen molar-refractivity contribution in [2.75, 3.05) is 37.6 Å². The van der Waals surface area contributed by atoms with Crippen LogP contribution in [0.15, 0.2) is 6.20 Å². The van der Waals surface area contributed by atoms with Crippen molar-refractivity contribution in [3.8, 4) is 0 Å². The Morgan fingerprint density at radius 1 is 1.15 bits per heavy atom. The second-order valence-electron chi connectivity index (χ2n) is 8.31. The minimum Gasteiger partial charge on any atom is -0.352 e. The lowest BCUT2D eigenvalue weighted by Gasteiger charge is -2.37. The van der Waals surface area contributed by atoms with Crippen LogP contribution >= 0.6 is 0 Å². The van der Waals surface area contributed by atoms with Crippen molar-refractivity contribution in [3.05, 3.63) is 17.6 Å². The van der Waals surface area contributed by atoms with Crippen LogP contribution in [0.3, 0.4) is 0 Å². The fraction of sp³-hybridized carbons (Fsp3) is 0.684. The fourth-order valence-corrected chi connectivity index (χ4v) is 3.74. The molecule has 0 radical (unpaired) electrons. The molecular weight excluding hydrogens is 330 g/mol. The largest absolute Gasteiger partial charge is 0.352 e. The van der Waals surface area contributed by atoms with Crippen LogP contribution in [0.5, 0.6) is 0 Å². The molecule has 2 amide bonds. The van der Waals surface area contributed by atoms with E-state index in [4.69, 9.17) is 0 Å². The number of likely N-dealkylation sites (tertiary alicyclic amines) is 1. The lowest BCUT2D eigenvalue weighted by atomic mass is 10.1. The van der Waals surface area contributed by atoms with E-state index in [1.165, 1.54) is 0 Å². The number of hydrogen-bond donors (Lipinski definition) is 0. The Morgan fingerprint density at radius 2 is 1.81 bits per heavy atom. The van der Waals surface area contributed by atoms with Crippen LogP contribution in [0, 0.1) is 19.8 Å². The molecule has 0 bridgehead atoms. The zero-order chi connectivity index (χ0) is 19.1. The van der Waals surface area contributed by atoms with E-state index in [9.17, 15) is 9.59 Å². The molecular formula is C19H29N5O2. The van der Waals surface area contributed by atoms with Crippen LogP contribution in [0.25, 0.3) is 0 Å². The molecule has 2 aliphatic heterocycles. The van der Waals surface area contributed by atoms with Gasteiger partial charge in [-0.1, -0.05) is 0 Å². The Balaban J connectivity index is 1.61. The summed E-state index contributed by atoms with van der Waals surface area (Å²) in [6.07, 6.45) is 2.11. The van der Waals surface area contributed by atoms with Gasteiger partial charge in [-0.3, -0.25) is 14.6 Å². The smallest absolute Gasteiger partial charge is 0.228 e. The van der Waals surface area contributed by atoms with Crippen LogP contribution in [0.4, 0.5) is 5.82 Å². The number of rotatable bonds is 2. The molecule has 1 aromatic heterocycles. The first-order valence-electron chi connectivity index (χ1n) is 9.31. The minimum atomic E-state index is -0.230. The summed E-state index contributed by atoms with van der Waals surface area (Å²) in [5, 5.41) is 0. The standard InChI is InChI=1S/C19H29N5O2/c1-13-11-20-14(2)17(21-13)22-6-8-23(9-7-22)18(26)15-10-16(25)24(12-15)19(3,4)5/h11,15H,6-10,12H2,1-5H3/t15-/m1/s1. The average molecular weight is 359 g/mol. The van der Waals surface area contributed by atoms with Gasteiger partial charge in [-0.2, -0.15) is 0 Å². The summed E-state index contributed by atoms with van der Waals surface area (Å²) in [6, 6.07) is 0. The van der Waals surface area contributed by atoms with Crippen molar-refractivity contribution in [1.82, 2.24) is 19.8 Å². The molecule has 0 aromatic carbocycles. The highest BCUT2D eigenvalue weighted by Gasteiger charge is 2.41. The minimum absolute atomic E-state index is 0.0835. The monoisotopic (exact) mass is 359 g/mol. The number of anilines is 1. The summed E-state index contributed by atoms with van der Waals surface area (Å²) in [4.78, 5) is 40.0. The van der Waals surface area contributed by atoms with Crippen LogP contribution < -0.4 is 4.90 Å². The summed E-state index contributed by atoms with van der Waals surface area (Å²) in [7, 11) is 0. The topological polar surface area (TPSA) is 69.6 Å². The Labute approximate surface area is 155 Å². The Hall–Kier alpha value is -2.18. The van der Waals surface area contributed by atoms with E-state index in [0.717, 1.165) is 30.3 Å². The molecule has 1 aromatic rings. The highest BCUT2D eigenvalue weighted by atomic mass is 16.2. The second kappa shape index (κ2) is 6.85. The molecule has 2 aliphatic rings. The highest BCUT2D eigenvalue weighted by Crippen LogP contribution is 2.27. The van der Waals surface area contributed by atoms with Gasteiger partial charge in [-0.15, -0.1) is 0 Å². The zero-order valence-electron chi connectivity index (χ0n) is 16.4. The van der Waals surface area contributed by atoms with Gasteiger partial charge in [0.05, 0.1) is 17.3 Å². The maximum atomic E-state index is 12.9. The Bertz CT molecular complexity index is 704. The van der Waals surface area contributed by atoms with Crippen molar-refractivity contribution < 1.29 is 9.59 Å². The number of carbonyl (C=O) groups excluding carboxylic acids is 2. The van der Waals surface area contributed by atoms with E-state index in [0.29, 0.717) is 26.1 Å². The van der Waals surface area contributed by atoms with E-state index >= 15 is 0 Å². The van der Waals surface area contributed by atoms with E-state index < -0.39 is 0 Å². The summed E-state index contributed by atoms with van der Waals surface area (Å²) >= 11 is 0. The average Bonchev–Trinajstić information content (AvgIpc) is 2.99. The first-order chi connectivity index (χ1) is 12.2. The Morgan fingerprint density at radius 3 is 2.38 bits per heavy atom. The first-order valence-corrected chi connectivity index (χ1v) is 9.31. The van der Waals surface area contributed by atoms with E-state index in [-0.39, 0.29) is 23.3 Å². The molecule has 0 aliphatic carbocycles. The van der Waals surface area contributed by atoms with Crippen molar-refractivity contribution >= 4 is 17.6 Å². The molecule has 3 heterocycles. The molecule has 0 N–H and O–H groups in total. The maximum absolute atomic E-state index is 12.9. The molecule has 7 heteroatoms. The molecule has 0 saturated carbocycles. The third-order valence-corrected chi connectivity index (χ3v) is 5.23. The molecule has 26 heavy (non-hydrogen) atoms. The van der Waals surface area contributed by atoms with Gasteiger partial charge in [0.15, 0.2) is 0 Å². The number of amides is 2. The number of aromatic nitrogens is 2. The van der Waals surface area contributed by atoms with Crippen molar-refractivity contribution in [2.45, 2.75) is 46.6 Å². The predicted octanol–water partition coefficient (Wildman–Crippen LogP) is 1.39. The molecule has 2 fully saturated rings. The molecule has 7 nitrogen and oxygen atoms in total. The summed E-state index contributed by atoms with van der Waals surface area (Å²) in [6.45, 7) is 13.3. The molecule has 0 spiro atoms. The SMILES string of the molecule is Cc1cnc(C)c(N2CCN(C(=O)[C@@H]3CC(=O)N(C(C)(C)C)C3)CC2)n1. The molecule has 3 rings (SSSR count). The van der Waals surface area contributed by atoms with Gasteiger partial charge in [0.1, 0.15) is 5.82 Å². The van der Waals surface area contributed by atoms with Gasteiger partial charge >= 0.3 is 0 Å². The fourth-order valence-electron chi connectivity index (χ4n) is 3.74. The van der Waals surface area contributed by atoms with Crippen molar-refractivity contribution in [2.24, 2.45) is 5.92 Å². The summed E-state index contributed by atoms with van der Waals surface area (Å²) in [5.41, 5.74) is 1.58. The van der Waals surface area contributed by atoms with Crippen molar-refractivity contribution in [1.29, 1.82) is 0 Å². The zero-order valence-corrected chi connectivity index (χ0v) is 16.4. The lowest BCUT2D eigenvalue weighted by molar-refractivity contribution is -0.136. The van der Waals surface area contributed by atoms with Crippen molar-refractivity contribution in [3.63, 3.8) is 0 Å². The maximum Gasteiger partial charge on any atom is 0.228 e. The van der Waals surface area contributed by atoms with E-state index in [2.05, 4.69) is 14.9 Å². The first kappa shape index (κ1) is 18.6. The second-order valence-corrected chi connectivity index (χ2v) is 8.31. The number of carbonyl (C=O) groups is 2. The number of nitrogens with zero attached hydrogens (tertiary/aromatic N) is 5. The quantitative estimate of drug-likeness (QED) is 0.798. The van der Waals surface area contributed by atoms with Gasteiger partial charge in [0.2, 0.25) is 11.8 Å². The van der Waals surface area contributed by atoms with Gasteiger partial charge < -0.3 is 14.7 Å². The van der Waals surface area contributed by atoms with Gasteiger partial charge in [-0.25, -0.2) is 4.98 Å².